The Bertz CT molecular complexity index is 560. The fraction of sp³-hybridized carbons (Fsp3) is 0.700. The van der Waals surface area contributed by atoms with Gasteiger partial charge < -0.3 is 14.6 Å². The van der Waals surface area contributed by atoms with Crippen molar-refractivity contribution >= 4 is 0 Å². The second kappa shape index (κ2) is 7.75. The molecule has 0 bridgehead atoms. The van der Waals surface area contributed by atoms with Crippen LogP contribution < -0.4 is 9.47 Å². The van der Waals surface area contributed by atoms with Crippen LogP contribution in [0.25, 0.3) is 0 Å². The number of aliphatic hydroxyl groups is 1. The molecule has 1 aromatic carbocycles. The van der Waals surface area contributed by atoms with E-state index in [-0.39, 0.29) is 0 Å². The molecule has 2 aliphatic rings. The average Bonchev–Trinajstić information content (AvgIpc) is 2.61. The van der Waals surface area contributed by atoms with Gasteiger partial charge in [-0.2, -0.15) is 0 Å². The van der Waals surface area contributed by atoms with Gasteiger partial charge in [-0.15, -0.1) is 0 Å². The minimum absolute atomic E-state index is 0.302. The smallest absolute Gasteiger partial charge is 0.161 e. The highest BCUT2D eigenvalue weighted by Crippen LogP contribution is 2.45. The van der Waals surface area contributed by atoms with Crippen LogP contribution in [0, 0.1) is 11.8 Å². The molecule has 0 saturated carbocycles. The summed E-state index contributed by atoms with van der Waals surface area (Å²) in [7, 11) is 3.41. The van der Waals surface area contributed by atoms with Gasteiger partial charge in [-0.1, -0.05) is 13.3 Å². The van der Waals surface area contributed by atoms with Gasteiger partial charge in [0, 0.05) is 25.7 Å². The highest BCUT2D eigenvalue weighted by Gasteiger charge is 2.38. The molecule has 1 N–H and O–H groups in total. The van der Waals surface area contributed by atoms with Crippen LogP contribution in [0.15, 0.2) is 12.1 Å². The quantitative estimate of drug-likeness (QED) is 0.866. The summed E-state index contributed by atoms with van der Waals surface area (Å²) in [4.78, 5) is 2.66. The van der Waals surface area contributed by atoms with Gasteiger partial charge in [0.1, 0.15) is 0 Å². The van der Waals surface area contributed by atoms with Crippen LogP contribution >= 0.6 is 0 Å². The molecular formula is C20H31NO3. The number of piperidine rings is 1. The Labute approximate surface area is 145 Å². The van der Waals surface area contributed by atoms with Crippen LogP contribution in [0.1, 0.15) is 49.8 Å². The van der Waals surface area contributed by atoms with E-state index < -0.39 is 0 Å². The number of hydrogen-bond donors (Lipinski definition) is 1. The van der Waals surface area contributed by atoms with Crippen molar-refractivity contribution in [3.05, 3.63) is 23.3 Å². The third kappa shape index (κ3) is 3.27. The molecule has 0 aliphatic carbocycles. The first kappa shape index (κ1) is 17.6. The SMILES string of the molecule is CCC[C@H]1CN2CCc3cc(OC)c(OC)cc3[C@@H]2C[C@@H]1CCO. The molecule has 1 aromatic rings. The van der Waals surface area contributed by atoms with Crippen LogP contribution in [0.5, 0.6) is 11.5 Å². The Morgan fingerprint density at radius 1 is 1.12 bits per heavy atom. The lowest BCUT2D eigenvalue weighted by molar-refractivity contribution is 0.0386. The fourth-order valence-corrected chi connectivity index (χ4v) is 4.72. The number of hydrogen-bond acceptors (Lipinski definition) is 4. The largest absolute Gasteiger partial charge is 0.493 e. The third-order valence-corrected chi connectivity index (χ3v) is 5.93. The van der Waals surface area contributed by atoms with E-state index in [1.54, 1.807) is 14.2 Å². The molecule has 134 valence electrons. The summed E-state index contributed by atoms with van der Waals surface area (Å²) in [5.74, 6) is 3.00. The Morgan fingerprint density at radius 2 is 1.88 bits per heavy atom. The van der Waals surface area contributed by atoms with Crippen LogP contribution in [-0.4, -0.2) is 43.9 Å². The first-order valence-corrected chi connectivity index (χ1v) is 9.31. The Kier molecular flexibility index (Phi) is 5.67. The van der Waals surface area contributed by atoms with E-state index in [1.807, 2.05) is 0 Å². The summed E-state index contributed by atoms with van der Waals surface area (Å²) in [6.45, 7) is 4.86. The van der Waals surface area contributed by atoms with Crippen LogP contribution in [0.4, 0.5) is 0 Å². The molecule has 0 radical (unpaired) electrons. The van der Waals surface area contributed by atoms with Crippen LogP contribution in [0.3, 0.4) is 0 Å². The Balaban J connectivity index is 1.90. The number of aliphatic hydroxyl groups excluding tert-OH is 1. The Morgan fingerprint density at radius 3 is 2.54 bits per heavy atom. The lowest BCUT2D eigenvalue weighted by Gasteiger charge is -2.47. The van der Waals surface area contributed by atoms with E-state index in [9.17, 15) is 5.11 Å². The summed E-state index contributed by atoms with van der Waals surface area (Å²) in [5, 5.41) is 9.50. The zero-order chi connectivity index (χ0) is 17.1. The van der Waals surface area contributed by atoms with Crippen molar-refractivity contribution in [2.24, 2.45) is 11.8 Å². The summed E-state index contributed by atoms with van der Waals surface area (Å²) in [5.41, 5.74) is 2.79. The highest BCUT2D eigenvalue weighted by molar-refractivity contribution is 5.49. The van der Waals surface area contributed by atoms with Gasteiger partial charge in [0.15, 0.2) is 11.5 Å². The first-order valence-electron chi connectivity index (χ1n) is 9.31. The van der Waals surface area contributed by atoms with E-state index in [1.165, 1.54) is 24.0 Å². The molecule has 0 aromatic heterocycles. The number of ether oxygens (including phenoxy) is 2. The van der Waals surface area contributed by atoms with Crippen molar-refractivity contribution in [1.82, 2.24) is 4.90 Å². The molecule has 3 rings (SSSR count). The topological polar surface area (TPSA) is 41.9 Å². The van der Waals surface area contributed by atoms with Crippen molar-refractivity contribution in [2.75, 3.05) is 33.9 Å². The standard InChI is InChI=1S/C20H31NO3/c1-4-5-16-13-21-8-6-15-11-19(23-2)20(24-3)12-17(15)18(21)10-14(16)7-9-22/h11-12,14,16,18,22H,4-10,13H2,1-3H3/t14-,16-,18-/m0/s1. The molecule has 3 atom stereocenters. The van der Waals surface area contributed by atoms with E-state index in [2.05, 4.69) is 24.0 Å². The number of methoxy groups -OCH3 is 2. The number of fused-ring (bicyclic) bond motifs is 3. The van der Waals surface area contributed by atoms with E-state index in [0.29, 0.717) is 18.6 Å². The fourth-order valence-electron chi connectivity index (χ4n) is 4.72. The predicted molar refractivity (Wildman–Crippen MR) is 95.8 cm³/mol. The second-order valence-corrected chi connectivity index (χ2v) is 7.22. The van der Waals surface area contributed by atoms with Crippen molar-refractivity contribution in [3.8, 4) is 11.5 Å². The number of nitrogens with zero attached hydrogens (tertiary/aromatic N) is 1. The van der Waals surface area contributed by atoms with Gasteiger partial charge >= 0.3 is 0 Å². The summed E-state index contributed by atoms with van der Waals surface area (Å²) in [6.07, 6.45) is 5.65. The van der Waals surface area contributed by atoms with Gasteiger partial charge in [-0.05, 0) is 60.8 Å². The molecular weight excluding hydrogens is 302 g/mol. The monoisotopic (exact) mass is 333 g/mol. The van der Waals surface area contributed by atoms with Gasteiger partial charge in [0.2, 0.25) is 0 Å². The molecule has 0 unspecified atom stereocenters. The normalized spacial score (nSPS) is 26.6. The molecule has 4 nitrogen and oxygen atoms in total. The minimum Gasteiger partial charge on any atom is -0.493 e. The minimum atomic E-state index is 0.302. The molecule has 0 amide bonds. The molecule has 1 fully saturated rings. The maximum Gasteiger partial charge on any atom is 0.161 e. The molecule has 1 saturated heterocycles. The lowest BCUT2D eigenvalue weighted by Crippen LogP contribution is -2.46. The van der Waals surface area contributed by atoms with Gasteiger partial charge in [0.05, 0.1) is 14.2 Å². The molecule has 2 aliphatic heterocycles. The van der Waals surface area contributed by atoms with Crippen LogP contribution in [0.2, 0.25) is 0 Å². The van der Waals surface area contributed by atoms with E-state index in [0.717, 1.165) is 49.8 Å². The predicted octanol–water partition coefficient (Wildman–Crippen LogP) is 3.42. The van der Waals surface area contributed by atoms with Gasteiger partial charge in [-0.25, -0.2) is 0 Å². The van der Waals surface area contributed by atoms with Gasteiger partial charge in [0.25, 0.3) is 0 Å². The lowest BCUT2D eigenvalue weighted by atomic mass is 9.74. The number of benzene rings is 1. The van der Waals surface area contributed by atoms with Crippen molar-refractivity contribution in [3.63, 3.8) is 0 Å². The summed E-state index contributed by atoms with van der Waals surface area (Å²) < 4.78 is 11.0. The van der Waals surface area contributed by atoms with Crippen molar-refractivity contribution < 1.29 is 14.6 Å². The third-order valence-electron chi connectivity index (χ3n) is 5.93. The van der Waals surface area contributed by atoms with E-state index in [4.69, 9.17) is 9.47 Å². The zero-order valence-electron chi connectivity index (χ0n) is 15.3. The first-order chi connectivity index (χ1) is 11.7. The highest BCUT2D eigenvalue weighted by atomic mass is 16.5. The number of rotatable bonds is 6. The molecule has 0 spiro atoms. The van der Waals surface area contributed by atoms with Crippen molar-refractivity contribution in [2.45, 2.75) is 45.1 Å². The molecule has 2 heterocycles. The maximum atomic E-state index is 9.50. The Hall–Kier alpha value is -1.26. The molecule has 24 heavy (non-hydrogen) atoms. The van der Waals surface area contributed by atoms with E-state index >= 15 is 0 Å². The van der Waals surface area contributed by atoms with Crippen molar-refractivity contribution in [1.29, 1.82) is 0 Å². The van der Waals surface area contributed by atoms with Crippen LogP contribution in [-0.2, 0) is 6.42 Å². The summed E-state index contributed by atoms with van der Waals surface area (Å²) >= 11 is 0. The van der Waals surface area contributed by atoms with Gasteiger partial charge in [-0.3, -0.25) is 4.90 Å². The maximum absolute atomic E-state index is 9.50. The summed E-state index contributed by atoms with van der Waals surface area (Å²) in [6, 6.07) is 4.80. The second-order valence-electron chi connectivity index (χ2n) is 7.22. The molecule has 4 heteroatoms. The average molecular weight is 333 g/mol. The zero-order valence-corrected chi connectivity index (χ0v) is 15.3.